The smallest absolute Gasteiger partial charge is 0.129 e. The number of fused-ring (bicyclic) bond motifs is 1. The highest BCUT2D eigenvalue weighted by Gasteiger charge is 2.06. The van der Waals surface area contributed by atoms with Gasteiger partial charge in [0.25, 0.3) is 0 Å². The van der Waals surface area contributed by atoms with Gasteiger partial charge in [-0.3, -0.25) is 0 Å². The number of hydrogen-bond acceptors (Lipinski definition) is 3. The predicted octanol–water partition coefficient (Wildman–Crippen LogP) is 1.34. The van der Waals surface area contributed by atoms with E-state index in [9.17, 15) is 5.11 Å². The largest absolute Gasteiger partial charge is 0.508 e. The molecular weight excluding hydrogens is 166 g/mol. The van der Waals surface area contributed by atoms with Gasteiger partial charge in [-0.05, 0) is 19.1 Å². The van der Waals surface area contributed by atoms with Gasteiger partial charge in [-0.15, -0.1) is 0 Å². The lowest BCUT2D eigenvalue weighted by atomic mass is 10.2. The summed E-state index contributed by atoms with van der Waals surface area (Å²) in [6, 6.07) is 5.00. The van der Waals surface area contributed by atoms with Crippen LogP contribution in [0.4, 0.5) is 5.82 Å². The Labute approximate surface area is 75.6 Å². The van der Waals surface area contributed by atoms with E-state index in [1.54, 1.807) is 22.9 Å². The Balaban J connectivity index is 2.76. The van der Waals surface area contributed by atoms with Crippen LogP contribution in [0.1, 0.15) is 6.92 Å². The number of nitrogens with two attached hydrogens (primary N) is 1. The van der Waals surface area contributed by atoms with Crippen LogP contribution in [0.15, 0.2) is 18.2 Å². The second-order valence-electron chi connectivity index (χ2n) is 2.90. The third-order valence-corrected chi connectivity index (χ3v) is 2.06. The second kappa shape index (κ2) is 2.65. The van der Waals surface area contributed by atoms with Gasteiger partial charge in [0.2, 0.25) is 0 Å². The van der Waals surface area contributed by atoms with Crippen molar-refractivity contribution in [1.82, 2.24) is 9.78 Å². The quantitative estimate of drug-likeness (QED) is 0.691. The van der Waals surface area contributed by atoms with Crippen LogP contribution in [0.2, 0.25) is 0 Å². The Bertz CT molecular complexity index is 447. The Morgan fingerprint density at radius 1 is 1.54 bits per heavy atom. The number of nitrogens with zero attached hydrogens (tertiary/aromatic N) is 2. The van der Waals surface area contributed by atoms with Crippen molar-refractivity contribution in [2.75, 3.05) is 5.73 Å². The first-order valence-corrected chi connectivity index (χ1v) is 4.17. The lowest BCUT2D eigenvalue weighted by Gasteiger charge is -1.96. The molecule has 2 rings (SSSR count). The molecule has 0 bridgehead atoms. The van der Waals surface area contributed by atoms with Crippen LogP contribution in [0.25, 0.3) is 10.9 Å². The van der Waals surface area contributed by atoms with Crippen molar-refractivity contribution >= 4 is 16.7 Å². The highest BCUT2D eigenvalue weighted by atomic mass is 16.3. The minimum absolute atomic E-state index is 0.216. The first kappa shape index (κ1) is 7.91. The third kappa shape index (κ3) is 1.11. The third-order valence-electron chi connectivity index (χ3n) is 2.06. The van der Waals surface area contributed by atoms with Gasteiger partial charge in [-0.25, -0.2) is 4.68 Å². The van der Waals surface area contributed by atoms with E-state index in [1.807, 2.05) is 6.92 Å². The normalized spacial score (nSPS) is 10.8. The number of phenols is 1. The minimum atomic E-state index is 0.216. The number of hydrogen-bond donors (Lipinski definition) is 2. The number of anilines is 1. The summed E-state index contributed by atoms with van der Waals surface area (Å²) in [5, 5.41) is 14.3. The predicted molar refractivity (Wildman–Crippen MR) is 51.5 cm³/mol. The van der Waals surface area contributed by atoms with Crippen LogP contribution < -0.4 is 5.73 Å². The number of rotatable bonds is 1. The summed E-state index contributed by atoms with van der Waals surface area (Å²) in [6.45, 7) is 2.71. The summed E-state index contributed by atoms with van der Waals surface area (Å²) >= 11 is 0. The standard InChI is InChI=1S/C9H11N3O/c1-2-12-9(10)7-4-3-6(13)5-8(7)11-12/h3-5,13H,2,10H2,1H3. The van der Waals surface area contributed by atoms with Crippen LogP contribution >= 0.6 is 0 Å². The molecule has 0 aliphatic carbocycles. The fourth-order valence-electron chi connectivity index (χ4n) is 1.38. The van der Waals surface area contributed by atoms with Gasteiger partial charge < -0.3 is 10.8 Å². The molecule has 0 atom stereocenters. The molecule has 0 saturated carbocycles. The highest BCUT2D eigenvalue weighted by Crippen LogP contribution is 2.23. The van der Waals surface area contributed by atoms with E-state index in [4.69, 9.17) is 5.73 Å². The molecule has 0 spiro atoms. The SMILES string of the molecule is CCn1nc2cc(O)ccc2c1N. The van der Waals surface area contributed by atoms with Gasteiger partial charge in [-0.2, -0.15) is 5.10 Å². The molecular formula is C9H11N3O. The van der Waals surface area contributed by atoms with Crippen LogP contribution in [0.3, 0.4) is 0 Å². The topological polar surface area (TPSA) is 64.1 Å². The zero-order valence-electron chi connectivity index (χ0n) is 7.36. The van der Waals surface area contributed by atoms with E-state index < -0.39 is 0 Å². The zero-order valence-corrected chi connectivity index (χ0v) is 7.36. The van der Waals surface area contributed by atoms with Crippen LogP contribution in [0.5, 0.6) is 5.75 Å². The number of nitrogen functional groups attached to an aromatic ring is 1. The molecule has 0 radical (unpaired) electrons. The second-order valence-corrected chi connectivity index (χ2v) is 2.90. The van der Waals surface area contributed by atoms with Crippen LogP contribution in [-0.2, 0) is 6.54 Å². The van der Waals surface area contributed by atoms with Crippen molar-refractivity contribution in [1.29, 1.82) is 0 Å². The fraction of sp³-hybridized carbons (Fsp3) is 0.222. The molecule has 4 heteroatoms. The average molecular weight is 177 g/mol. The Kier molecular flexibility index (Phi) is 1.62. The maximum atomic E-state index is 9.21. The van der Waals surface area contributed by atoms with E-state index in [0.29, 0.717) is 5.82 Å². The molecule has 0 aliphatic heterocycles. The molecule has 1 aromatic heterocycles. The Hall–Kier alpha value is -1.71. The summed E-state index contributed by atoms with van der Waals surface area (Å²) in [5.41, 5.74) is 6.55. The molecule has 1 heterocycles. The lowest BCUT2D eigenvalue weighted by molar-refractivity contribution is 0.476. The molecule has 4 nitrogen and oxygen atoms in total. The fourth-order valence-corrected chi connectivity index (χ4v) is 1.38. The number of aryl methyl sites for hydroxylation is 1. The number of benzene rings is 1. The summed E-state index contributed by atoms with van der Waals surface area (Å²) in [7, 11) is 0. The van der Waals surface area contributed by atoms with Gasteiger partial charge in [0, 0.05) is 18.0 Å². The molecule has 1 aromatic carbocycles. The van der Waals surface area contributed by atoms with E-state index in [0.717, 1.165) is 17.4 Å². The van der Waals surface area contributed by atoms with Crippen molar-refractivity contribution in [2.24, 2.45) is 0 Å². The Morgan fingerprint density at radius 3 is 3.00 bits per heavy atom. The van der Waals surface area contributed by atoms with E-state index in [-0.39, 0.29) is 5.75 Å². The summed E-state index contributed by atoms with van der Waals surface area (Å²) in [4.78, 5) is 0. The van der Waals surface area contributed by atoms with E-state index in [2.05, 4.69) is 5.10 Å². The monoisotopic (exact) mass is 177 g/mol. The molecule has 0 fully saturated rings. The summed E-state index contributed by atoms with van der Waals surface area (Å²) < 4.78 is 1.71. The first-order valence-electron chi connectivity index (χ1n) is 4.17. The van der Waals surface area contributed by atoms with Crippen LogP contribution in [0, 0.1) is 0 Å². The summed E-state index contributed by atoms with van der Waals surface area (Å²) in [5.74, 6) is 0.866. The molecule has 13 heavy (non-hydrogen) atoms. The molecule has 3 N–H and O–H groups in total. The number of phenolic OH excluding ortho intramolecular Hbond substituents is 1. The van der Waals surface area contributed by atoms with Crippen molar-refractivity contribution in [3.05, 3.63) is 18.2 Å². The van der Waals surface area contributed by atoms with Crippen molar-refractivity contribution in [3.63, 3.8) is 0 Å². The first-order chi connectivity index (χ1) is 6.22. The van der Waals surface area contributed by atoms with Crippen molar-refractivity contribution < 1.29 is 5.11 Å². The van der Waals surface area contributed by atoms with E-state index in [1.165, 1.54) is 0 Å². The van der Waals surface area contributed by atoms with E-state index >= 15 is 0 Å². The van der Waals surface area contributed by atoms with Gasteiger partial charge in [-0.1, -0.05) is 0 Å². The molecule has 2 aromatic rings. The number of aromatic hydroxyl groups is 1. The average Bonchev–Trinajstić information content (AvgIpc) is 2.42. The highest BCUT2D eigenvalue weighted by molar-refractivity contribution is 5.89. The molecule has 0 amide bonds. The lowest BCUT2D eigenvalue weighted by Crippen LogP contribution is -2.01. The maximum absolute atomic E-state index is 9.21. The van der Waals surface area contributed by atoms with Crippen molar-refractivity contribution in [3.8, 4) is 5.75 Å². The molecule has 0 aliphatic rings. The van der Waals surface area contributed by atoms with Crippen LogP contribution in [-0.4, -0.2) is 14.9 Å². The van der Waals surface area contributed by atoms with Crippen molar-refractivity contribution in [2.45, 2.75) is 13.5 Å². The Morgan fingerprint density at radius 2 is 2.31 bits per heavy atom. The van der Waals surface area contributed by atoms with Gasteiger partial charge in [0.05, 0.1) is 5.52 Å². The van der Waals surface area contributed by atoms with Gasteiger partial charge in [0.1, 0.15) is 11.6 Å². The zero-order chi connectivity index (χ0) is 9.42. The summed E-state index contributed by atoms with van der Waals surface area (Å²) in [6.07, 6.45) is 0. The minimum Gasteiger partial charge on any atom is -0.508 e. The van der Waals surface area contributed by atoms with Gasteiger partial charge >= 0.3 is 0 Å². The molecule has 68 valence electrons. The molecule has 0 unspecified atom stereocenters. The maximum Gasteiger partial charge on any atom is 0.129 e. The molecule has 0 saturated heterocycles. The van der Waals surface area contributed by atoms with Gasteiger partial charge in [0.15, 0.2) is 0 Å². The number of aromatic nitrogens is 2.